The molecule has 0 saturated carbocycles. The maximum atomic E-state index is 4.91. The second-order valence-electron chi connectivity index (χ2n) is 6.73. The zero-order valence-electron chi connectivity index (χ0n) is 16.0. The Morgan fingerprint density at radius 1 is 1.27 bits per heavy atom. The van der Waals surface area contributed by atoms with Crippen molar-refractivity contribution in [3.05, 3.63) is 35.5 Å². The quantitative estimate of drug-likeness (QED) is 0.476. The molecule has 8 nitrogen and oxygen atoms in total. The summed E-state index contributed by atoms with van der Waals surface area (Å²) in [6, 6.07) is 4.04. The largest absolute Gasteiger partial charge is 0.364 e. The lowest BCUT2D eigenvalue weighted by Crippen LogP contribution is -2.52. The Kier molecular flexibility index (Phi) is 6.27. The van der Waals surface area contributed by atoms with Crippen molar-refractivity contribution in [1.29, 1.82) is 0 Å². The van der Waals surface area contributed by atoms with Crippen LogP contribution in [0.5, 0.6) is 0 Å². The van der Waals surface area contributed by atoms with Gasteiger partial charge in [-0.1, -0.05) is 5.16 Å². The van der Waals surface area contributed by atoms with Gasteiger partial charge in [0.1, 0.15) is 6.26 Å². The summed E-state index contributed by atoms with van der Waals surface area (Å²) in [7, 11) is 1.85. The van der Waals surface area contributed by atoms with Crippen LogP contribution in [0.4, 0.5) is 0 Å². The number of aliphatic imine (C=N–C) groups is 1. The molecule has 3 heterocycles. The molecule has 1 N–H and O–H groups in total. The highest BCUT2D eigenvalue weighted by molar-refractivity contribution is 5.79. The third kappa shape index (κ3) is 4.85. The zero-order chi connectivity index (χ0) is 18.4. The summed E-state index contributed by atoms with van der Waals surface area (Å²) < 4.78 is 6.98. The third-order valence-corrected chi connectivity index (χ3v) is 4.69. The molecule has 142 valence electrons. The molecule has 0 unspecified atom stereocenters. The van der Waals surface area contributed by atoms with Crippen LogP contribution in [-0.2, 0) is 13.1 Å². The van der Waals surface area contributed by atoms with Crippen molar-refractivity contribution in [2.45, 2.75) is 33.4 Å². The first-order valence-corrected chi connectivity index (χ1v) is 9.24. The molecule has 0 spiro atoms. The van der Waals surface area contributed by atoms with E-state index in [1.165, 1.54) is 5.69 Å². The Labute approximate surface area is 154 Å². The van der Waals surface area contributed by atoms with Crippen molar-refractivity contribution < 1.29 is 4.52 Å². The van der Waals surface area contributed by atoms with Crippen molar-refractivity contribution in [3.8, 4) is 0 Å². The summed E-state index contributed by atoms with van der Waals surface area (Å²) in [5, 5.41) is 12.0. The number of piperazine rings is 1. The molecule has 1 aliphatic heterocycles. The van der Waals surface area contributed by atoms with Crippen molar-refractivity contribution >= 4 is 5.96 Å². The summed E-state index contributed by atoms with van der Waals surface area (Å²) in [6.45, 7) is 10.7. The first-order valence-electron chi connectivity index (χ1n) is 9.24. The molecule has 26 heavy (non-hydrogen) atoms. The van der Waals surface area contributed by atoms with Gasteiger partial charge in [0.15, 0.2) is 5.96 Å². The first kappa shape index (κ1) is 18.4. The van der Waals surface area contributed by atoms with Crippen LogP contribution in [0.1, 0.15) is 23.5 Å². The van der Waals surface area contributed by atoms with E-state index in [1.807, 2.05) is 20.0 Å². The van der Waals surface area contributed by atoms with Crippen molar-refractivity contribution in [2.24, 2.45) is 4.99 Å². The minimum atomic E-state index is 0.846. The molecule has 1 aliphatic rings. The van der Waals surface area contributed by atoms with Crippen LogP contribution in [0.2, 0.25) is 0 Å². The number of hydrogen-bond acceptors (Lipinski definition) is 5. The molecule has 3 rings (SSSR count). The van der Waals surface area contributed by atoms with Crippen LogP contribution >= 0.6 is 0 Å². The molecule has 1 fully saturated rings. The van der Waals surface area contributed by atoms with E-state index in [9.17, 15) is 0 Å². The zero-order valence-corrected chi connectivity index (χ0v) is 16.0. The van der Waals surface area contributed by atoms with E-state index in [-0.39, 0.29) is 0 Å². The number of nitrogens with zero attached hydrogens (tertiary/aromatic N) is 6. The maximum Gasteiger partial charge on any atom is 0.193 e. The van der Waals surface area contributed by atoms with E-state index in [2.05, 4.69) is 48.0 Å². The molecular weight excluding hydrogens is 330 g/mol. The minimum Gasteiger partial charge on any atom is -0.364 e. The van der Waals surface area contributed by atoms with Gasteiger partial charge in [-0.15, -0.1) is 0 Å². The Morgan fingerprint density at radius 2 is 2.08 bits per heavy atom. The molecule has 0 aliphatic carbocycles. The SMILES string of the molecule is CN=C(NCCCn1nc(C)cc1C)N1CCN(Cc2ccon2)CC1. The van der Waals surface area contributed by atoms with Crippen molar-refractivity contribution in [2.75, 3.05) is 39.8 Å². The van der Waals surface area contributed by atoms with Gasteiger partial charge in [-0.25, -0.2) is 0 Å². The lowest BCUT2D eigenvalue weighted by molar-refractivity contribution is 0.169. The van der Waals surface area contributed by atoms with E-state index < -0.39 is 0 Å². The summed E-state index contributed by atoms with van der Waals surface area (Å²) in [4.78, 5) is 9.16. The van der Waals surface area contributed by atoms with Gasteiger partial charge in [-0.3, -0.25) is 14.6 Å². The fourth-order valence-electron chi connectivity index (χ4n) is 3.33. The minimum absolute atomic E-state index is 0.846. The van der Waals surface area contributed by atoms with Gasteiger partial charge in [0.05, 0.1) is 11.4 Å². The molecule has 2 aromatic rings. The molecule has 0 aromatic carbocycles. The molecule has 0 atom stereocenters. The maximum absolute atomic E-state index is 4.91. The highest BCUT2D eigenvalue weighted by Gasteiger charge is 2.20. The topological polar surface area (TPSA) is 74.7 Å². The number of nitrogens with one attached hydrogen (secondary N) is 1. The molecule has 2 aromatic heterocycles. The van der Waals surface area contributed by atoms with Crippen LogP contribution in [0.3, 0.4) is 0 Å². The second kappa shape index (κ2) is 8.84. The summed E-state index contributed by atoms with van der Waals surface area (Å²) in [5.41, 5.74) is 3.29. The number of rotatable bonds is 6. The van der Waals surface area contributed by atoms with Gasteiger partial charge >= 0.3 is 0 Å². The van der Waals surface area contributed by atoms with Crippen LogP contribution in [0.15, 0.2) is 27.9 Å². The number of hydrogen-bond donors (Lipinski definition) is 1. The average molecular weight is 359 g/mol. The average Bonchev–Trinajstić information content (AvgIpc) is 3.25. The van der Waals surface area contributed by atoms with E-state index in [4.69, 9.17) is 4.52 Å². The lowest BCUT2D eigenvalue weighted by atomic mass is 10.3. The van der Waals surface area contributed by atoms with E-state index in [1.54, 1.807) is 6.26 Å². The number of aromatic nitrogens is 3. The molecule has 0 amide bonds. The molecule has 8 heteroatoms. The smallest absolute Gasteiger partial charge is 0.193 e. The summed E-state index contributed by atoms with van der Waals surface area (Å²) in [6.07, 6.45) is 2.65. The van der Waals surface area contributed by atoms with Crippen LogP contribution in [0.25, 0.3) is 0 Å². The monoisotopic (exact) mass is 359 g/mol. The van der Waals surface area contributed by atoms with Gasteiger partial charge < -0.3 is 14.7 Å². The van der Waals surface area contributed by atoms with E-state index >= 15 is 0 Å². The number of aryl methyl sites for hydroxylation is 3. The van der Waals surface area contributed by atoms with Gasteiger partial charge in [-0.2, -0.15) is 5.10 Å². The lowest BCUT2D eigenvalue weighted by Gasteiger charge is -2.36. The van der Waals surface area contributed by atoms with Gasteiger partial charge in [0.25, 0.3) is 0 Å². The van der Waals surface area contributed by atoms with Gasteiger partial charge in [0, 0.05) is 64.6 Å². The van der Waals surface area contributed by atoms with Crippen LogP contribution < -0.4 is 5.32 Å². The standard InChI is InChI=1S/C18H29N7O/c1-15-13-16(2)25(21-15)7-4-6-20-18(19-3)24-10-8-23(9-11-24)14-17-5-12-26-22-17/h5,12-13H,4,6-11,14H2,1-3H3,(H,19,20). The summed E-state index contributed by atoms with van der Waals surface area (Å²) in [5.74, 6) is 0.986. The normalized spacial score (nSPS) is 16.3. The predicted molar refractivity (Wildman–Crippen MR) is 101 cm³/mol. The fraction of sp³-hybridized carbons (Fsp3) is 0.611. The predicted octanol–water partition coefficient (Wildman–Crippen LogP) is 1.27. The van der Waals surface area contributed by atoms with Crippen LogP contribution in [-0.4, -0.2) is 70.5 Å². The molecule has 0 radical (unpaired) electrons. The number of guanidine groups is 1. The second-order valence-corrected chi connectivity index (χ2v) is 6.73. The molecule has 0 bridgehead atoms. The highest BCUT2D eigenvalue weighted by Crippen LogP contribution is 2.07. The first-order chi connectivity index (χ1) is 12.7. The van der Waals surface area contributed by atoms with Crippen molar-refractivity contribution in [3.63, 3.8) is 0 Å². The fourth-order valence-corrected chi connectivity index (χ4v) is 3.33. The Bertz CT molecular complexity index is 699. The Morgan fingerprint density at radius 3 is 2.69 bits per heavy atom. The summed E-state index contributed by atoms with van der Waals surface area (Å²) >= 11 is 0. The van der Waals surface area contributed by atoms with Gasteiger partial charge in [-0.05, 0) is 26.3 Å². The van der Waals surface area contributed by atoms with Gasteiger partial charge in [0.2, 0.25) is 0 Å². The van der Waals surface area contributed by atoms with Crippen LogP contribution in [0, 0.1) is 13.8 Å². The Balaban J connectivity index is 1.38. The highest BCUT2D eigenvalue weighted by atomic mass is 16.5. The van der Waals surface area contributed by atoms with E-state index in [0.717, 1.165) is 69.6 Å². The van der Waals surface area contributed by atoms with E-state index in [0.29, 0.717) is 0 Å². The molecule has 1 saturated heterocycles. The van der Waals surface area contributed by atoms with Crippen molar-refractivity contribution in [1.82, 2.24) is 30.1 Å². The Hall–Kier alpha value is -2.35. The third-order valence-electron chi connectivity index (χ3n) is 4.69. The molecular formula is C18H29N7O.